The summed E-state index contributed by atoms with van der Waals surface area (Å²) >= 11 is 0. The standard InChI is InChI=1S/C11H11F3N4O2/c1-5-4-6-8(15-3-2-7(19)20)17-10(11(12,13)14)18-9(6)16-5/h4H,2-3H2,1H3,(H,19,20)(H2,15,16,17,18). The number of carbonyl (C=O) groups is 1. The number of nitrogens with one attached hydrogen (secondary N) is 2. The molecule has 20 heavy (non-hydrogen) atoms. The minimum atomic E-state index is -4.67. The van der Waals surface area contributed by atoms with E-state index in [0.717, 1.165) is 0 Å². The van der Waals surface area contributed by atoms with Crippen molar-refractivity contribution < 1.29 is 23.1 Å². The molecule has 0 aliphatic rings. The number of hydrogen-bond donors (Lipinski definition) is 3. The van der Waals surface area contributed by atoms with E-state index in [1.807, 2.05) is 0 Å². The maximum atomic E-state index is 12.7. The molecular weight excluding hydrogens is 277 g/mol. The number of aliphatic carboxylic acids is 1. The number of anilines is 1. The zero-order chi connectivity index (χ0) is 14.9. The number of aryl methyl sites for hydroxylation is 1. The molecule has 0 fully saturated rings. The second-order valence-electron chi connectivity index (χ2n) is 4.18. The average Bonchev–Trinajstić information content (AvgIpc) is 2.67. The van der Waals surface area contributed by atoms with Crippen molar-refractivity contribution in [2.75, 3.05) is 11.9 Å². The summed E-state index contributed by atoms with van der Waals surface area (Å²) in [5, 5.41) is 11.5. The van der Waals surface area contributed by atoms with Crippen LogP contribution in [0.3, 0.4) is 0 Å². The number of aromatic amines is 1. The Labute approximate surface area is 111 Å². The summed E-state index contributed by atoms with van der Waals surface area (Å²) in [4.78, 5) is 20.0. The van der Waals surface area contributed by atoms with Gasteiger partial charge in [-0.3, -0.25) is 4.79 Å². The molecule has 0 radical (unpaired) electrons. The van der Waals surface area contributed by atoms with Crippen LogP contribution < -0.4 is 5.32 Å². The lowest BCUT2D eigenvalue weighted by Gasteiger charge is -2.09. The Kier molecular flexibility index (Phi) is 3.51. The highest BCUT2D eigenvalue weighted by Crippen LogP contribution is 2.30. The summed E-state index contributed by atoms with van der Waals surface area (Å²) < 4.78 is 38.1. The molecule has 2 aromatic rings. The zero-order valence-corrected chi connectivity index (χ0v) is 10.4. The number of fused-ring (bicyclic) bond motifs is 1. The normalized spacial score (nSPS) is 11.8. The van der Waals surface area contributed by atoms with E-state index in [0.29, 0.717) is 11.1 Å². The van der Waals surface area contributed by atoms with Crippen molar-refractivity contribution in [2.24, 2.45) is 0 Å². The molecule has 2 aromatic heterocycles. The van der Waals surface area contributed by atoms with Gasteiger partial charge in [-0.05, 0) is 13.0 Å². The monoisotopic (exact) mass is 288 g/mol. The molecule has 0 saturated heterocycles. The molecular formula is C11H11F3N4O2. The molecule has 2 rings (SSSR count). The van der Waals surface area contributed by atoms with Gasteiger partial charge in [0.1, 0.15) is 11.5 Å². The maximum absolute atomic E-state index is 12.7. The highest BCUT2D eigenvalue weighted by molar-refractivity contribution is 5.88. The first-order valence-corrected chi connectivity index (χ1v) is 5.67. The first-order chi connectivity index (χ1) is 9.27. The zero-order valence-electron chi connectivity index (χ0n) is 10.4. The van der Waals surface area contributed by atoms with Gasteiger partial charge in [0.15, 0.2) is 0 Å². The van der Waals surface area contributed by atoms with Gasteiger partial charge in [0.2, 0.25) is 5.82 Å². The Morgan fingerprint density at radius 3 is 2.75 bits per heavy atom. The third kappa shape index (κ3) is 2.98. The molecule has 6 nitrogen and oxygen atoms in total. The molecule has 0 amide bonds. The predicted molar refractivity (Wildman–Crippen MR) is 64.4 cm³/mol. The lowest BCUT2D eigenvalue weighted by molar-refractivity contribution is -0.144. The van der Waals surface area contributed by atoms with Crippen LogP contribution in [-0.4, -0.2) is 32.6 Å². The average molecular weight is 288 g/mol. The van der Waals surface area contributed by atoms with E-state index in [2.05, 4.69) is 20.3 Å². The molecule has 0 unspecified atom stereocenters. The molecule has 108 valence electrons. The van der Waals surface area contributed by atoms with Crippen LogP contribution in [0.1, 0.15) is 17.9 Å². The largest absolute Gasteiger partial charge is 0.481 e. The predicted octanol–water partition coefficient (Wildman–Crippen LogP) is 2.17. The number of hydrogen-bond acceptors (Lipinski definition) is 4. The fourth-order valence-electron chi connectivity index (χ4n) is 1.69. The van der Waals surface area contributed by atoms with Crippen molar-refractivity contribution in [3.63, 3.8) is 0 Å². The van der Waals surface area contributed by atoms with Gasteiger partial charge in [0, 0.05) is 12.2 Å². The maximum Gasteiger partial charge on any atom is 0.451 e. The van der Waals surface area contributed by atoms with Crippen molar-refractivity contribution in [3.05, 3.63) is 17.6 Å². The topological polar surface area (TPSA) is 90.9 Å². The van der Waals surface area contributed by atoms with Crippen molar-refractivity contribution in [2.45, 2.75) is 19.5 Å². The van der Waals surface area contributed by atoms with E-state index in [9.17, 15) is 18.0 Å². The SMILES string of the molecule is Cc1cc2c(NCCC(=O)O)nc(C(F)(F)F)nc2[nH]1. The first-order valence-electron chi connectivity index (χ1n) is 5.67. The third-order valence-corrected chi connectivity index (χ3v) is 2.51. The quantitative estimate of drug-likeness (QED) is 0.802. The van der Waals surface area contributed by atoms with Gasteiger partial charge in [-0.1, -0.05) is 0 Å². The number of carboxylic acids is 1. The Morgan fingerprint density at radius 1 is 1.45 bits per heavy atom. The summed E-state index contributed by atoms with van der Waals surface area (Å²) in [5.41, 5.74) is 0.692. The summed E-state index contributed by atoms with van der Waals surface area (Å²) in [7, 11) is 0. The third-order valence-electron chi connectivity index (χ3n) is 2.51. The molecule has 2 heterocycles. The molecule has 9 heteroatoms. The molecule has 3 N–H and O–H groups in total. The minimum Gasteiger partial charge on any atom is -0.481 e. The lowest BCUT2D eigenvalue weighted by atomic mass is 10.3. The van der Waals surface area contributed by atoms with E-state index in [-0.39, 0.29) is 24.4 Å². The number of nitrogens with zero attached hydrogens (tertiary/aromatic N) is 2. The van der Waals surface area contributed by atoms with Crippen LogP contribution >= 0.6 is 0 Å². The van der Waals surface area contributed by atoms with E-state index in [1.54, 1.807) is 13.0 Å². The number of carboxylic acid groups (broad SMARTS) is 1. The number of alkyl halides is 3. The van der Waals surface area contributed by atoms with Crippen LogP contribution in [0.25, 0.3) is 11.0 Å². The van der Waals surface area contributed by atoms with E-state index in [1.165, 1.54) is 0 Å². The first kappa shape index (κ1) is 14.1. The van der Waals surface area contributed by atoms with E-state index in [4.69, 9.17) is 5.11 Å². The number of halogens is 3. The molecule has 0 atom stereocenters. The second kappa shape index (κ2) is 4.99. The van der Waals surface area contributed by atoms with Crippen molar-refractivity contribution in [3.8, 4) is 0 Å². The lowest BCUT2D eigenvalue weighted by Crippen LogP contribution is -2.15. The van der Waals surface area contributed by atoms with Gasteiger partial charge in [0.05, 0.1) is 11.8 Å². The number of aromatic nitrogens is 3. The highest BCUT2D eigenvalue weighted by atomic mass is 19.4. The fourth-order valence-corrected chi connectivity index (χ4v) is 1.69. The van der Waals surface area contributed by atoms with Crippen LogP contribution in [0.2, 0.25) is 0 Å². The summed E-state index contributed by atoms with van der Waals surface area (Å²) in [6.07, 6.45) is -4.90. The Bertz CT molecular complexity index is 651. The van der Waals surface area contributed by atoms with Gasteiger partial charge in [-0.25, -0.2) is 9.97 Å². The minimum absolute atomic E-state index is 0.0248. The van der Waals surface area contributed by atoms with E-state index < -0.39 is 18.0 Å². The smallest absolute Gasteiger partial charge is 0.451 e. The van der Waals surface area contributed by atoms with Crippen LogP contribution in [0.4, 0.5) is 19.0 Å². The molecule has 0 bridgehead atoms. The van der Waals surface area contributed by atoms with Crippen LogP contribution in [0.15, 0.2) is 6.07 Å². The van der Waals surface area contributed by atoms with Crippen LogP contribution in [0.5, 0.6) is 0 Å². The Balaban J connectivity index is 2.41. The second-order valence-corrected chi connectivity index (χ2v) is 4.18. The molecule has 0 aliphatic heterocycles. The van der Waals surface area contributed by atoms with Gasteiger partial charge in [0.25, 0.3) is 0 Å². The molecule has 0 spiro atoms. The Morgan fingerprint density at radius 2 is 2.15 bits per heavy atom. The number of H-pyrrole nitrogens is 1. The van der Waals surface area contributed by atoms with E-state index >= 15 is 0 Å². The summed E-state index contributed by atoms with van der Waals surface area (Å²) in [6, 6.07) is 1.60. The van der Waals surface area contributed by atoms with Crippen molar-refractivity contribution >= 4 is 22.8 Å². The van der Waals surface area contributed by atoms with Crippen molar-refractivity contribution in [1.29, 1.82) is 0 Å². The summed E-state index contributed by atoms with van der Waals surface area (Å²) in [6.45, 7) is 1.65. The van der Waals surface area contributed by atoms with Crippen molar-refractivity contribution in [1.82, 2.24) is 15.0 Å². The molecule has 0 aliphatic carbocycles. The van der Waals surface area contributed by atoms with Crippen LogP contribution in [-0.2, 0) is 11.0 Å². The van der Waals surface area contributed by atoms with Gasteiger partial charge < -0.3 is 15.4 Å². The molecule has 0 aromatic carbocycles. The summed E-state index contributed by atoms with van der Waals surface area (Å²) in [5.74, 6) is -2.36. The van der Waals surface area contributed by atoms with Gasteiger partial charge >= 0.3 is 12.1 Å². The Hall–Kier alpha value is -2.32. The fraction of sp³-hybridized carbons (Fsp3) is 0.364. The van der Waals surface area contributed by atoms with Gasteiger partial charge in [-0.15, -0.1) is 0 Å². The van der Waals surface area contributed by atoms with Gasteiger partial charge in [-0.2, -0.15) is 13.2 Å². The van der Waals surface area contributed by atoms with Crippen LogP contribution in [0, 0.1) is 6.92 Å². The number of rotatable bonds is 4. The molecule has 0 saturated carbocycles. The highest BCUT2D eigenvalue weighted by Gasteiger charge is 2.35.